The van der Waals surface area contributed by atoms with Gasteiger partial charge in [-0.15, -0.1) is 11.3 Å². The quantitative estimate of drug-likeness (QED) is 0.630. The molecule has 0 spiro atoms. The van der Waals surface area contributed by atoms with E-state index in [4.69, 9.17) is 9.26 Å². The van der Waals surface area contributed by atoms with Crippen LogP contribution in [0.25, 0.3) is 0 Å². The first-order valence-electron chi connectivity index (χ1n) is 9.47. The van der Waals surface area contributed by atoms with Crippen LogP contribution in [-0.4, -0.2) is 46.2 Å². The zero-order chi connectivity index (χ0) is 19.5. The molecule has 0 amide bonds. The Kier molecular flexibility index (Phi) is 5.59. The monoisotopic (exact) mass is 399 g/mol. The maximum Gasteiger partial charge on any atom is 0.240 e. The number of aryl methyl sites for hydroxylation is 3. The number of ether oxygens (including phenoxy) is 1. The summed E-state index contributed by atoms with van der Waals surface area (Å²) in [5.41, 5.74) is 3.44. The number of thiazole rings is 1. The van der Waals surface area contributed by atoms with Crippen LogP contribution in [0.2, 0.25) is 0 Å². The molecular weight excluding hydrogens is 374 g/mol. The van der Waals surface area contributed by atoms with Crippen molar-refractivity contribution in [3.63, 3.8) is 0 Å². The van der Waals surface area contributed by atoms with E-state index in [1.54, 1.807) is 11.3 Å². The molecule has 0 bridgehead atoms. The lowest BCUT2D eigenvalue weighted by Crippen LogP contribution is -2.46. The molecular formula is C20H25N5O2S. The van der Waals surface area contributed by atoms with Gasteiger partial charge in [0.1, 0.15) is 5.75 Å². The number of hydrogen-bond acceptors (Lipinski definition) is 8. The van der Waals surface area contributed by atoms with Crippen LogP contribution in [0.1, 0.15) is 28.5 Å². The van der Waals surface area contributed by atoms with Gasteiger partial charge in [0.15, 0.2) is 11.7 Å². The second-order valence-corrected chi connectivity index (χ2v) is 8.09. The van der Waals surface area contributed by atoms with E-state index >= 15 is 0 Å². The minimum atomic E-state index is 0.309. The van der Waals surface area contributed by atoms with Gasteiger partial charge < -0.3 is 14.2 Å². The van der Waals surface area contributed by atoms with Crippen molar-refractivity contribution in [3.05, 3.63) is 52.1 Å². The van der Waals surface area contributed by atoms with Gasteiger partial charge in [-0.1, -0.05) is 11.2 Å². The molecule has 0 atom stereocenters. The average molecular weight is 400 g/mol. The summed E-state index contributed by atoms with van der Waals surface area (Å²) < 4.78 is 11.2. The Morgan fingerprint density at radius 3 is 2.46 bits per heavy atom. The van der Waals surface area contributed by atoms with Gasteiger partial charge in [0.2, 0.25) is 11.7 Å². The SMILES string of the molecule is Cc1cc(C)cc(OCc2noc(CN3CCN(c4nc(C)cs4)CC3)n2)c1. The minimum absolute atomic E-state index is 0.309. The Balaban J connectivity index is 1.27. The molecule has 1 fully saturated rings. The highest BCUT2D eigenvalue weighted by atomic mass is 32.1. The number of anilines is 1. The van der Waals surface area contributed by atoms with E-state index in [0.29, 0.717) is 24.9 Å². The lowest BCUT2D eigenvalue weighted by atomic mass is 10.1. The van der Waals surface area contributed by atoms with Crippen LogP contribution in [0.4, 0.5) is 5.13 Å². The fourth-order valence-corrected chi connectivity index (χ4v) is 4.21. The number of hydrogen-bond donors (Lipinski definition) is 0. The van der Waals surface area contributed by atoms with Gasteiger partial charge in [-0.05, 0) is 44.0 Å². The number of benzene rings is 1. The first kappa shape index (κ1) is 18.9. The molecule has 148 valence electrons. The predicted octanol–water partition coefficient (Wildman–Crippen LogP) is 3.35. The highest BCUT2D eigenvalue weighted by Crippen LogP contribution is 2.22. The molecule has 28 heavy (non-hydrogen) atoms. The summed E-state index contributed by atoms with van der Waals surface area (Å²) in [4.78, 5) is 13.7. The Morgan fingerprint density at radius 1 is 1.04 bits per heavy atom. The van der Waals surface area contributed by atoms with E-state index in [1.807, 2.05) is 19.1 Å². The lowest BCUT2D eigenvalue weighted by molar-refractivity contribution is 0.214. The predicted molar refractivity (Wildman–Crippen MR) is 109 cm³/mol. The van der Waals surface area contributed by atoms with Crippen molar-refractivity contribution >= 4 is 16.5 Å². The molecule has 4 rings (SSSR count). The molecule has 0 aliphatic carbocycles. The molecule has 3 heterocycles. The van der Waals surface area contributed by atoms with E-state index in [9.17, 15) is 0 Å². The topological polar surface area (TPSA) is 67.5 Å². The zero-order valence-electron chi connectivity index (χ0n) is 16.5. The molecule has 0 N–H and O–H groups in total. The number of nitrogens with zero attached hydrogens (tertiary/aromatic N) is 5. The van der Waals surface area contributed by atoms with Gasteiger partial charge in [-0.3, -0.25) is 4.90 Å². The van der Waals surface area contributed by atoms with Crippen molar-refractivity contribution in [2.75, 3.05) is 31.1 Å². The smallest absolute Gasteiger partial charge is 0.240 e. The van der Waals surface area contributed by atoms with Crippen LogP contribution in [0.5, 0.6) is 5.75 Å². The second kappa shape index (κ2) is 8.28. The van der Waals surface area contributed by atoms with Gasteiger partial charge in [0.05, 0.1) is 12.2 Å². The maximum absolute atomic E-state index is 5.81. The lowest BCUT2D eigenvalue weighted by Gasteiger charge is -2.33. The Bertz CT molecular complexity index is 910. The normalized spacial score (nSPS) is 15.2. The van der Waals surface area contributed by atoms with Crippen molar-refractivity contribution in [3.8, 4) is 5.75 Å². The van der Waals surface area contributed by atoms with Crippen molar-refractivity contribution in [1.82, 2.24) is 20.0 Å². The third kappa shape index (κ3) is 4.69. The van der Waals surface area contributed by atoms with Crippen molar-refractivity contribution in [2.24, 2.45) is 0 Å². The fraction of sp³-hybridized carbons (Fsp3) is 0.450. The summed E-state index contributed by atoms with van der Waals surface area (Å²) in [6.45, 7) is 11.0. The summed E-state index contributed by atoms with van der Waals surface area (Å²) in [7, 11) is 0. The Labute approximate surface area is 169 Å². The first-order chi connectivity index (χ1) is 13.5. The second-order valence-electron chi connectivity index (χ2n) is 7.25. The highest BCUT2D eigenvalue weighted by molar-refractivity contribution is 7.13. The molecule has 7 nitrogen and oxygen atoms in total. The third-order valence-electron chi connectivity index (χ3n) is 4.68. The number of aromatic nitrogens is 3. The molecule has 3 aromatic rings. The summed E-state index contributed by atoms with van der Waals surface area (Å²) >= 11 is 1.71. The van der Waals surface area contributed by atoms with Crippen molar-refractivity contribution in [2.45, 2.75) is 33.9 Å². The summed E-state index contributed by atoms with van der Waals surface area (Å²) in [6.07, 6.45) is 0. The molecule has 0 unspecified atom stereocenters. The van der Waals surface area contributed by atoms with Crippen LogP contribution in [0.15, 0.2) is 28.1 Å². The van der Waals surface area contributed by atoms with E-state index in [-0.39, 0.29) is 0 Å². The largest absolute Gasteiger partial charge is 0.485 e. The van der Waals surface area contributed by atoms with E-state index < -0.39 is 0 Å². The number of piperazine rings is 1. The Hall–Kier alpha value is -2.45. The molecule has 0 saturated carbocycles. The Morgan fingerprint density at radius 2 is 1.79 bits per heavy atom. The summed E-state index contributed by atoms with van der Waals surface area (Å²) in [5.74, 6) is 2.04. The van der Waals surface area contributed by atoms with Crippen LogP contribution >= 0.6 is 11.3 Å². The average Bonchev–Trinajstić information content (AvgIpc) is 3.29. The third-order valence-corrected chi connectivity index (χ3v) is 5.70. The zero-order valence-corrected chi connectivity index (χ0v) is 17.3. The summed E-state index contributed by atoms with van der Waals surface area (Å²) in [6, 6.07) is 6.14. The fourth-order valence-electron chi connectivity index (χ4n) is 3.35. The van der Waals surface area contributed by atoms with Gasteiger partial charge in [-0.25, -0.2) is 4.98 Å². The van der Waals surface area contributed by atoms with Crippen molar-refractivity contribution < 1.29 is 9.26 Å². The van der Waals surface area contributed by atoms with E-state index in [2.05, 4.69) is 50.2 Å². The van der Waals surface area contributed by atoms with Gasteiger partial charge in [0.25, 0.3) is 0 Å². The van der Waals surface area contributed by atoms with Gasteiger partial charge >= 0.3 is 0 Å². The minimum Gasteiger partial charge on any atom is -0.485 e. The standard InChI is InChI=1S/C20H25N5O2S/c1-14-8-15(2)10-17(9-14)26-12-18-22-19(27-23-18)11-24-4-6-25(7-5-24)20-21-16(3)13-28-20/h8-10,13H,4-7,11-12H2,1-3H3. The number of rotatable bonds is 6. The maximum atomic E-state index is 5.81. The van der Waals surface area contributed by atoms with E-state index in [1.165, 1.54) is 11.1 Å². The molecule has 2 aromatic heterocycles. The molecule has 1 aliphatic heterocycles. The van der Waals surface area contributed by atoms with Crippen LogP contribution in [0, 0.1) is 20.8 Å². The van der Waals surface area contributed by atoms with Crippen molar-refractivity contribution in [1.29, 1.82) is 0 Å². The molecule has 1 aliphatic rings. The van der Waals surface area contributed by atoms with Crippen LogP contribution < -0.4 is 9.64 Å². The van der Waals surface area contributed by atoms with Gasteiger partial charge in [-0.2, -0.15) is 4.98 Å². The van der Waals surface area contributed by atoms with Gasteiger partial charge in [0, 0.05) is 31.6 Å². The van der Waals surface area contributed by atoms with Crippen LogP contribution in [-0.2, 0) is 13.2 Å². The first-order valence-corrected chi connectivity index (χ1v) is 10.3. The van der Waals surface area contributed by atoms with Crippen LogP contribution in [0.3, 0.4) is 0 Å². The molecule has 1 saturated heterocycles. The molecule has 8 heteroatoms. The van der Waals surface area contributed by atoms with E-state index in [0.717, 1.165) is 42.8 Å². The highest BCUT2D eigenvalue weighted by Gasteiger charge is 2.21. The summed E-state index contributed by atoms with van der Waals surface area (Å²) in [5, 5.41) is 7.26. The molecule has 0 radical (unpaired) electrons. The molecule has 1 aromatic carbocycles.